The first kappa shape index (κ1) is 9.05. The molecular weight excluding hydrogens is 174 g/mol. The maximum atomic E-state index is 10.5. The molecule has 0 unspecified atom stereocenters. The lowest BCUT2D eigenvalue weighted by Gasteiger charge is -2.00. The molecule has 13 heavy (non-hydrogen) atoms. The Balaban J connectivity index is 3.27. The van der Waals surface area contributed by atoms with Gasteiger partial charge in [0.25, 0.3) is 0 Å². The van der Waals surface area contributed by atoms with Crippen LogP contribution in [0.3, 0.4) is 0 Å². The summed E-state index contributed by atoms with van der Waals surface area (Å²) in [6, 6.07) is 3.30. The zero-order chi connectivity index (χ0) is 10.0. The minimum absolute atomic E-state index is 0.131. The smallest absolute Gasteiger partial charge is 0.337 e. The van der Waals surface area contributed by atoms with Gasteiger partial charge in [-0.15, -0.1) is 0 Å². The molecule has 0 aliphatic rings. The molecule has 5 heteroatoms. The first-order chi connectivity index (χ1) is 6.02. The monoisotopic (exact) mass is 180 g/mol. The van der Waals surface area contributed by atoms with Crippen molar-refractivity contribution in [2.75, 3.05) is 0 Å². The van der Waals surface area contributed by atoms with Crippen molar-refractivity contribution in [2.45, 2.75) is 0 Å². The molecule has 0 bridgehead atoms. The van der Waals surface area contributed by atoms with E-state index in [1.54, 1.807) is 0 Å². The molecule has 0 aromatic heterocycles. The maximum Gasteiger partial charge on any atom is 0.337 e. The summed E-state index contributed by atoms with van der Waals surface area (Å²) in [5.41, 5.74) is 6.53. The van der Waals surface area contributed by atoms with Crippen molar-refractivity contribution in [3.8, 4) is 0 Å². The quantitative estimate of drug-likeness (QED) is 0.709. The number of aromatic carboxylic acids is 2. The van der Waals surface area contributed by atoms with Crippen LogP contribution in [0.1, 0.15) is 20.7 Å². The molecule has 1 radical (unpaired) electrons. The van der Waals surface area contributed by atoms with Crippen molar-refractivity contribution in [1.29, 1.82) is 0 Å². The third kappa shape index (κ3) is 1.76. The lowest BCUT2D eigenvalue weighted by atomic mass is 10.1. The molecule has 3 N–H and O–H groups in total. The zero-order valence-corrected chi connectivity index (χ0v) is 6.44. The number of rotatable bonds is 2. The number of benzene rings is 1. The molecule has 1 rings (SSSR count). The predicted octanol–water partition coefficient (Wildman–Crippen LogP) is 0.997. The van der Waals surface area contributed by atoms with Crippen LogP contribution in [0, 0.1) is 0 Å². The van der Waals surface area contributed by atoms with Crippen molar-refractivity contribution < 1.29 is 19.8 Å². The first-order valence-electron chi connectivity index (χ1n) is 3.34. The molecule has 0 saturated heterocycles. The van der Waals surface area contributed by atoms with Crippen LogP contribution >= 0.6 is 0 Å². The summed E-state index contributed by atoms with van der Waals surface area (Å²) in [7, 11) is 0. The average Bonchev–Trinajstić information content (AvgIpc) is 2.04. The lowest BCUT2D eigenvalue weighted by molar-refractivity contribution is 0.0696. The summed E-state index contributed by atoms with van der Waals surface area (Å²) in [4.78, 5) is 20.9. The normalized spacial score (nSPS) is 9.54. The first-order valence-corrected chi connectivity index (χ1v) is 3.34. The van der Waals surface area contributed by atoms with Crippen LogP contribution in [0.5, 0.6) is 0 Å². The number of carboxylic acids is 2. The molecule has 0 spiro atoms. The highest BCUT2D eigenvalue weighted by molar-refractivity contribution is 5.97. The van der Waals surface area contributed by atoms with Crippen molar-refractivity contribution in [3.05, 3.63) is 29.3 Å². The van der Waals surface area contributed by atoms with E-state index in [1.165, 1.54) is 6.07 Å². The second kappa shape index (κ2) is 3.14. The number of carboxylic acid groups (broad SMARTS) is 2. The average molecular weight is 180 g/mol. The second-order valence-corrected chi connectivity index (χ2v) is 2.37. The zero-order valence-electron chi connectivity index (χ0n) is 6.44. The molecule has 0 amide bonds. The SMILES string of the molecule is [NH]c1ccc(C(=O)O)cc1C(=O)O. The Morgan fingerprint density at radius 3 is 2.23 bits per heavy atom. The molecule has 0 atom stereocenters. The summed E-state index contributed by atoms with van der Waals surface area (Å²) in [6.07, 6.45) is 0. The second-order valence-electron chi connectivity index (χ2n) is 2.37. The Bertz CT molecular complexity index is 372. The van der Waals surface area contributed by atoms with E-state index in [0.29, 0.717) is 0 Å². The van der Waals surface area contributed by atoms with Crippen LogP contribution in [0.2, 0.25) is 0 Å². The fourth-order valence-electron chi connectivity index (χ4n) is 0.854. The van der Waals surface area contributed by atoms with Crippen LogP contribution in [-0.2, 0) is 0 Å². The third-order valence-electron chi connectivity index (χ3n) is 1.50. The summed E-state index contributed by atoms with van der Waals surface area (Å²) < 4.78 is 0. The van der Waals surface area contributed by atoms with E-state index >= 15 is 0 Å². The largest absolute Gasteiger partial charge is 0.478 e. The van der Waals surface area contributed by atoms with Gasteiger partial charge in [-0.2, -0.15) is 0 Å². The van der Waals surface area contributed by atoms with Crippen molar-refractivity contribution in [1.82, 2.24) is 5.73 Å². The van der Waals surface area contributed by atoms with Gasteiger partial charge in [0.2, 0.25) is 0 Å². The van der Waals surface area contributed by atoms with E-state index in [9.17, 15) is 9.59 Å². The minimum atomic E-state index is -1.30. The summed E-state index contributed by atoms with van der Waals surface area (Å²) >= 11 is 0. The van der Waals surface area contributed by atoms with E-state index in [0.717, 1.165) is 12.1 Å². The number of carbonyl (C=O) groups is 2. The molecule has 0 aliphatic heterocycles. The van der Waals surface area contributed by atoms with Crippen LogP contribution in [0.4, 0.5) is 5.69 Å². The van der Waals surface area contributed by atoms with Gasteiger partial charge in [-0.1, -0.05) is 0 Å². The van der Waals surface area contributed by atoms with E-state index in [-0.39, 0.29) is 16.8 Å². The Morgan fingerprint density at radius 1 is 1.15 bits per heavy atom. The van der Waals surface area contributed by atoms with Gasteiger partial charge >= 0.3 is 11.9 Å². The van der Waals surface area contributed by atoms with E-state index < -0.39 is 11.9 Å². The number of hydrogen-bond acceptors (Lipinski definition) is 2. The molecule has 0 saturated carbocycles. The van der Waals surface area contributed by atoms with Crippen molar-refractivity contribution >= 4 is 17.6 Å². The fourth-order valence-corrected chi connectivity index (χ4v) is 0.854. The molecule has 1 aromatic rings. The number of nitrogens with one attached hydrogen (secondary N) is 1. The van der Waals surface area contributed by atoms with Crippen LogP contribution in [0.15, 0.2) is 18.2 Å². The van der Waals surface area contributed by atoms with E-state index in [1.807, 2.05) is 0 Å². The van der Waals surface area contributed by atoms with Crippen molar-refractivity contribution in [3.63, 3.8) is 0 Å². The molecule has 0 aliphatic carbocycles. The molecular formula is C8H6NO4. The van der Waals surface area contributed by atoms with Gasteiger partial charge in [-0.05, 0) is 18.2 Å². The molecule has 67 valence electrons. The van der Waals surface area contributed by atoms with Crippen LogP contribution in [-0.4, -0.2) is 22.2 Å². The third-order valence-corrected chi connectivity index (χ3v) is 1.50. The highest BCUT2D eigenvalue weighted by Crippen LogP contribution is 2.15. The predicted molar refractivity (Wildman–Crippen MR) is 43.1 cm³/mol. The Kier molecular flexibility index (Phi) is 2.19. The standard InChI is InChI=1S/C8H6NO4/c9-6-2-1-4(7(10)11)3-5(6)8(12)13/h1-3,9H,(H,10,11)(H,12,13). The van der Waals surface area contributed by atoms with Gasteiger partial charge in [0.05, 0.1) is 16.8 Å². The Hall–Kier alpha value is -2.04. The fraction of sp³-hybridized carbons (Fsp3) is 0. The Labute approximate surface area is 73.4 Å². The summed E-state index contributed by atoms with van der Waals surface area (Å²) in [6.45, 7) is 0. The number of hydrogen-bond donors (Lipinski definition) is 2. The van der Waals surface area contributed by atoms with Gasteiger partial charge in [0, 0.05) is 0 Å². The van der Waals surface area contributed by atoms with E-state index in [2.05, 4.69) is 0 Å². The van der Waals surface area contributed by atoms with Crippen LogP contribution in [0.25, 0.3) is 0 Å². The minimum Gasteiger partial charge on any atom is -0.478 e. The van der Waals surface area contributed by atoms with Gasteiger partial charge < -0.3 is 15.9 Å². The molecule has 0 heterocycles. The van der Waals surface area contributed by atoms with Crippen molar-refractivity contribution in [2.24, 2.45) is 0 Å². The topological polar surface area (TPSA) is 98.4 Å². The van der Waals surface area contributed by atoms with Gasteiger partial charge in [-0.3, -0.25) is 0 Å². The molecule has 0 fully saturated rings. The Morgan fingerprint density at radius 2 is 1.77 bits per heavy atom. The van der Waals surface area contributed by atoms with E-state index in [4.69, 9.17) is 15.9 Å². The molecule has 1 aromatic carbocycles. The van der Waals surface area contributed by atoms with Gasteiger partial charge in [0.1, 0.15) is 0 Å². The highest BCUT2D eigenvalue weighted by atomic mass is 16.4. The highest BCUT2D eigenvalue weighted by Gasteiger charge is 2.11. The van der Waals surface area contributed by atoms with Gasteiger partial charge in [0.15, 0.2) is 0 Å². The molecule has 5 nitrogen and oxygen atoms in total. The van der Waals surface area contributed by atoms with Crippen LogP contribution < -0.4 is 5.73 Å². The van der Waals surface area contributed by atoms with Gasteiger partial charge in [-0.25, -0.2) is 9.59 Å². The summed E-state index contributed by atoms with van der Waals surface area (Å²) in [5.74, 6) is -2.50. The summed E-state index contributed by atoms with van der Waals surface area (Å²) in [5, 5.41) is 17.1. The maximum absolute atomic E-state index is 10.5. The lowest BCUT2D eigenvalue weighted by Crippen LogP contribution is -2.02.